The molecule has 0 aliphatic rings. The average molecular weight is 272 g/mol. The lowest BCUT2D eigenvalue weighted by Crippen LogP contribution is -2.38. The van der Waals surface area contributed by atoms with Gasteiger partial charge in [-0.15, -0.1) is 0 Å². The molecule has 84 valence electrons. The van der Waals surface area contributed by atoms with Gasteiger partial charge in [-0.1, -0.05) is 29.8 Å². The fourth-order valence-corrected chi connectivity index (χ4v) is 1.91. The van der Waals surface area contributed by atoms with Crippen molar-refractivity contribution in [2.75, 3.05) is 18.6 Å². The molecule has 0 bridgehead atoms. The Morgan fingerprint density at radius 2 is 1.80 bits per heavy atom. The maximum atomic E-state index is 9.33. The Kier molecular flexibility index (Phi) is 4.61. The number of likely N-dealkylation sites (N-methyl/N-ethyl adjacent to an activating group) is 1. The number of nitrogens with zero attached hydrogens (tertiary/aromatic N) is 1. The topological polar surface area (TPSA) is 23.5 Å². The Labute approximate surface area is 100 Å². The van der Waals surface area contributed by atoms with Gasteiger partial charge in [-0.3, -0.25) is 0 Å². The second kappa shape index (κ2) is 5.52. The number of rotatable bonds is 4. The maximum absolute atomic E-state index is 9.33. The zero-order chi connectivity index (χ0) is 11.4. The van der Waals surface area contributed by atoms with E-state index in [2.05, 4.69) is 46.8 Å². The molecule has 0 aliphatic heterocycles. The molecule has 0 heterocycles. The Bertz CT molecular complexity index is 297. The van der Waals surface area contributed by atoms with Crippen molar-refractivity contribution in [1.29, 1.82) is 0 Å². The van der Waals surface area contributed by atoms with Gasteiger partial charge in [0.15, 0.2) is 0 Å². The average Bonchev–Trinajstić information content (AvgIpc) is 2.19. The number of aliphatic hydroxyl groups is 1. The van der Waals surface area contributed by atoms with E-state index in [1.807, 2.05) is 19.2 Å². The summed E-state index contributed by atoms with van der Waals surface area (Å²) < 4.78 is 1.07. The second-order valence-electron chi connectivity index (χ2n) is 4.08. The van der Waals surface area contributed by atoms with Crippen LogP contribution in [0.4, 0.5) is 5.69 Å². The molecule has 3 heteroatoms. The smallest absolute Gasteiger partial charge is 0.0637 e. The molecule has 0 fully saturated rings. The highest BCUT2D eigenvalue weighted by Crippen LogP contribution is 2.21. The largest absolute Gasteiger partial charge is 0.394 e. The van der Waals surface area contributed by atoms with Crippen molar-refractivity contribution in [3.05, 3.63) is 28.7 Å². The molecule has 1 aromatic carbocycles. The van der Waals surface area contributed by atoms with Gasteiger partial charge in [-0.05, 0) is 30.2 Å². The van der Waals surface area contributed by atoms with Crippen LogP contribution in [-0.2, 0) is 0 Å². The fourth-order valence-electron chi connectivity index (χ4n) is 1.65. The summed E-state index contributed by atoms with van der Waals surface area (Å²) in [5.41, 5.74) is 1.13. The van der Waals surface area contributed by atoms with Gasteiger partial charge < -0.3 is 10.0 Å². The molecule has 0 spiro atoms. The highest BCUT2D eigenvalue weighted by atomic mass is 79.9. The van der Waals surface area contributed by atoms with Crippen LogP contribution in [0.3, 0.4) is 0 Å². The fraction of sp³-hybridized carbons (Fsp3) is 0.500. The van der Waals surface area contributed by atoms with Gasteiger partial charge in [0, 0.05) is 17.2 Å². The van der Waals surface area contributed by atoms with E-state index >= 15 is 0 Å². The lowest BCUT2D eigenvalue weighted by atomic mass is 10.0. The van der Waals surface area contributed by atoms with E-state index < -0.39 is 0 Å². The Hall–Kier alpha value is -0.540. The first-order valence-electron chi connectivity index (χ1n) is 5.15. The molecular weight excluding hydrogens is 254 g/mol. The SMILES string of the molecule is CC(C)C(CO)N(C)c1ccc(Br)cc1. The van der Waals surface area contributed by atoms with Crippen molar-refractivity contribution < 1.29 is 5.11 Å². The van der Waals surface area contributed by atoms with Crippen molar-refractivity contribution in [2.24, 2.45) is 5.92 Å². The number of anilines is 1. The Morgan fingerprint density at radius 3 is 2.20 bits per heavy atom. The molecule has 0 saturated heterocycles. The minimum Gasteiger partial charge on any atom is -0.394 e. The molecule has 2 nitrogen and oxygen atoms in total. The molecule has 0 aromatic heterocycles. The third kappa shape index (κ3) is 3.21. The summed E-state index contributed by atoms with van der Waals surface area (Å²) in [6.45, 7) is 4.43. The van der Waals surface area contributed by atoms with Crippen molar-refractivity contribution >= 4 is 21.6 Å². The van der Waals surface area contributed by atoms with Crippen molar-refractivity contribution in [1.82, 2.24) is 0 Å². The number of hydrogen-bond acceptors (Lipinski definition) is 2. The van der Waals surface area contributed by atoms with Crippen molar-refractivity contribution in [3.8, 4) is 0 Å². The summed E-state index contributed by atoms with van der Waals surface area (Å²) >= 11 is 3.41. The van der Waals surface area contributed by atoms with Crippen LogP contribution < -0.4 is 4.90 Å². The molecule has 1 N–H and O–H groups in total. The summed E-state index contributed by atoms with van der Waals surface area (Å²) in [4.78, 5) is 2.12. The first-order valence-corrected chi connectivity index (χ1v) is 5.94. The van der Waals surface area contributed by atoms with E-state index in [0.29, 0.717) is 5.92 Å². The molecule has 1 unspecified atom stereocenters. The maximum Gasteiger partial charge on any atom is 0.0637 e. The van der Waals surface area contributed by atoms with Gasteiger partial charge in [-0.2, -0.15) is 0 Å². The molecule has 0 radical (unpaired) electrons. The first kappa shape index (κ1) is 12.5. The Morgan fingerprint density at radius 1 is 1.27 bits per heavy atom. The summed E-state index contributed by atoms with van der Waals surface area (Å²) in [7, 11) is 2.02. The summed E-state index contributed by atoms with van der Waals surface area (Å²) in [5.74, 6) is 0.434. The highest BCUT2D eigenvalue weighted by Gasteiger charge is 2.17. The van der Waals surface area contributed by atoms with Crippen LogP contribution in [0.15, 0.2) is 28.7 Å². The first-order chi connectivity index (χ1) is 7.06. The molecule has 0 aliphatic carbocycles. The monoisotopic (exact) mass is 271 g/mol. The van der Waals surface area contributed by atoms with E-state index in [1.165, 1.54) is 0 Å². The van der Waals surface area contributed by atoms with E-state index in [0.717, 1.165) is 10.2 Å². The predicted molar refractivity (Wildman–Crippen MR) is 68.3 cm³/mol. The predicted octanol–water partition coefficient (Wildman–Crippen LogP) is 2.90. The molecular formula is C12H18BrNO. The lowest BCUT2D eigenvalue weighted by Gasteiger charge is -2.31. The van der Waals surface area contributed by atoms with Crippen LogP contribution in [-0.4, -0.2) is 24.8 Å². The van der Waals surface area contributed by atoms with E-state index in [9.17, 15) is 5.11 Å². The Balaban J connectivity index is 2.82. The van der Waals surface area contributed by atoms with E-state index in [-0.39, 0.29) is 12.6 Å². The van der Waals surface area contributed by atoms with Crippen LogP contribution in [0.5, 0.6) is 0 Å². The standard InChI is InChI=1S/C12H18BrNO/c1-9(2)12(8-15)14(3)11-6-4-10(13)5-7-11/h4-7,9,12,15H,8H2,1-3H3. The minimum atomic E-state index is 0.172. The van der Waals surface area contributed by atoms with E-state index in [1.54, 1.807) is 0 Å². The van der Waals surface area contributed by atoms with Gasteiger partial charge >= 0.3 is 0 Å². The number of benzene rings is 1. The second-order valence-corrected chi connectivity index (χ2v) is 5.00. The third-order valence-corrected chi connectivity index (χ3v) is 3.22. The van der Waals surface area contributed by atoms with Crippen LogP contribution in [0.2, 0.25) is 0 Å². The van der Waals surface area contributed by atoms with E-state index in [4.69, 9.17) is 0 Å². The molecule has 1 aromatic rings. The summed E-state index contributed by atoms with van der Waals surface area (Å²) in [6.07, 6.45) is 0. The van der Waals surface area contributed by atoms with Crippen molar-refractivity contribution in [2.45, 2.75) is 19.9 Å². The summed E-state index contributed by atoms with van der Waals surface area (Å²) in [5, 5.41) is 9.33. The van der Waals surface area contributed by atoms with Crippen LogP contribution in [0, 0.1) is 5.92 Å². The number of hydrogen-bond donors (Lipinski definition) is 1. The zero-order valence-electron chi connectivity index (χ0n) is 9.44. The van der Waals surface area contributed by atoms with Gasteiger partial charge in [-0.25, -0.2) is 0 Å². The lowest BCUT2D eigenvalue weighted by molar-refractivity contribution is 0.234. The third-order valence-electron chi connectivity index (χ3n) is 2.69. The molecule has 0 amide bonds. The van der Waals surface area contributed by atoms with Gasteiger partial charge in [0.05, 0.1) is 12.6 Å². The van der Waals surface area contributed by atoms with Gasteiger partial charge in [0.2, 0.25) is 0 Å². The van der Waals surface area contributed by atoms with Crippen LogP contribution in [0.25, 0.3) is 0 Å². The van der Waals surface area contributed by atoms with Crippen LogP contribution >= 0.6 is 15.9 Å². The van der Waals surface area contributed by atoms with Gasteiger partial charge in [0.1, 0.15) is 0 Å². The minimum absolute atomic E-state index is 0.172. The molecule has 1 rings (SSSR count). The number of halogens is 1. The highest BCUT2D eigenvalue weighted by molar-refractivity contribution is 9.10. The zero-order valence-corrected chi connectivity index (χ0v) is 11.0. The molecule has 1 atom stereocenters. The molecule has 15 heavy (non-hydrogen) atoms. The van der Waals surface area contributed by atoms with Crippen LogP contribution in [0.1, 0.15) is 13.8 Å². The quantitative estimate of drug-likeness (QED) is 0.911. The normalized spacial score (nSPS) is 12.9. The summed E-state index contributed by atoms with van der Waals surface area (Å²) in [6, 6.07) is 8.30. The van der Waals surface area contributed by atoms with Crippen molar-refractivity contribution in [3.63, 3.8) is 0 Å². The number of aliphatic hydroxyl groups excluding tert-OH is 1. The van der Waals surface area contributed by atoms with Gasteiger partial charge in [0.25, 0.3) is 0 Å². The molecule has 0 saturated carbocycles.